The number of carboxylic acid groups (broad SMARTS) is 1. The summed E-state index contributed by atoms with van der Waals surface area (Å²) >= 11 is 0. The van der Waals surface area contributed by atoms with Gasteiger partial charge in [-0.15, -0.1) is 0 Å². The van der Waals surface area contributed by atoms with Gasteiger partial charge in [-0.2, -0.15) is 0 Å². The van der Waals surface area contributed by atoms with Crippen molar-refractivity contribution in [3.8, 4) is 0 Å². The van der Waals surface area contributed by atoms with Gasteiger partial charge < -0.3 is 5.11 Å². The van der Waals surface area contributed by atoms with Gasteiger partial charge in [0, 0.05) is 0 Å². The summed E-state index contributed by atoms with van der Waals surface area (Å²) in [7, 11) is 0. The quantitative estimate of drug-likeness (QED) is 0.839. The van der Waals surface area contributed by atoms with Crippen molar-refractivity contribution in [2.75, 3.05) is 6.54 Å². The van der Waals surface area contributed by atoms with Crippen molar-refractivity contribution in [2.45, 2.75) is 5.54 Å². The third-order valence-corrected chi connectivity index (χ3v) is 3.88. The lowest BCUT2D eigenvalue weighted by Gasteiger charge is -2.35. The maximum atomic E-state index is 12.7. The molecule has 1 saturated heterocycles. The van der Waals surface area contributed by atoms with Gasteiger partial charge in [-0.3, -0.25) is 19.8 Å². The summed E-state index contributed by atoms with van der Waals surface area (Å²) in [4.78, 5) is 37.2. The normalized spacial score (nSPS) is 16.3. The van der Waals surface area contributed by atoms with E-state index in [2.05, 4.69) is 5.32 Å². The maximum Gasteiger partial charge on any atom is 0.326 e. The van der Waals surface area contributed by atoms with Crippen LogP contribution in [0.2, 0.25) is 0 Å². The Morgan fingerprint density at radius 1 is 0.957 bits per heavy atom. The van der Waals surface area contributed by atoms with Crippen molar-refractivity contribution in [1.82, 2.24) is 10.2 Å². The van der Waals surface area contributed by atoms with E-state index in [1.54, 1.807) is 60.7 Å². The van der Waals surface area contributed by atoms with E-state index in [1.807, 2.05) is 0 Å². The Hall–Kier alpha value is -3.15. The van der Waals surface area contributed by atoms with Gasteiger partial charge in [-0.1, -0.05) is 60.7 Å². The highest BCUT2D eigenvalue weighted by Gasteiger charge is 2.55. The van der Waals surface area contributed by atoms with Gasteiger partial charge in [-0.25, -0.2) is 4.79 Å². The molecule has 116 valence electrons. The van der Waals surface area contributed by atoms with Gasteiger partial charge in [0.15, 0.2) is 5.54 Å². The summed E-state index contributed by atoms with van der Waals surface area (Å²) < 4.78 is 0. The molecule has 0 aromatic heterocycles. The molecule has 0 aliphatic carbocycles. The van der Waals surface area contributed by atoms with Gasteiger partial charge in [0.1, 0.15) is 6.54 Å². The number of aliphatic carboxylic acids is 1. The van der Waals surface area contributed by atoms with E-state index in [-0.39, 0.29) is 0 Å². The molecule has 1 aliphatic heterocycles. The smallest absolute Gasteiger partial charge is 0.326 e. The number of benzene rings is 2. The van der Waals surface area contributed by atoms with Gasteiger partial charge in [0.25, 0.3) is 5.91 Å². The highest BCUT2D eigenvalue weighted by Crippen LogP contribution is 2.39. The van der Waals surface area contributed by atoms with Crippen LogP contribution in [0.15, 0.2) is 60.7 Å². The zero-order chi connectivity index (χ0) is 16.4. The SMILES string of the molecule is O=C(O)CN1C(=O)NC(=O)C1(c1ccccc1)c1ccccc1. The van der Waals surface area contributed by atoms with Crippen molar-refractivity contribution in [1.29, 1.82) is 0 Å². The monoisotopic (exact) mass is 310 g/mol. The molecule has 3 rings (SSSR count). The van der Waals surface area contributed by atoms with Gasteiger partial charge in [0.2, 0.25) is 0 Å². The van der Waals surface area contributed by atoms with Crippen LogP contribution in [0.25, 0.3) is 0 Å². The number of imide groups is 1. The average molecular weight is 310 g/mol. The lowest BCUT2D eigenvalue weighted by atomic mass is 9.81. The van der Waals surface area contributed by atoms with Gasteiger partial charge in [0.05, 0.1) is 0 Å². The van der Waals surface area contributed by atoms with Crippen LogP contribution >= 0.6 is 0 Å². The summed E-state index contributed by atoms with van der Waals surface area (Å²) in [5.74, 6) is -1.74. The Labute approximate surface area is 132 Å². The van der Waals surface area contributed by atoms with Crippen LogP contribution in [0.1, 0.15) is 11.1 Å². The number of hydrogen-bond acceptors (Lipinski definition) is 3. The summed E-state index contributed by atoms with van der Waals surface area (Å²) in [5, 5.41) is 11.4. The van der Waals surface area contributed by atoms with Crippen molar-refractivity contribution in [3.63, 3.8) is 0 Å². The first-order valence-electron chi connectivity index (χ1n) is 7.02. The molecular weight excluding hydrogens is 296 g/mol. The lowest BCUT2D eigenvalue weighted by Crippen LogP contribution is -2.49. The first kappa shape index (κ1) is 14.8. The number of carbonyl (C=O) groups is 3. The summed E-state index contributed by atoms with van der Waals surface area (Å²) in [6.45, 7) is -0.582. The third kappa shape index (κ3) is 2.24. The Kier molecular flexibility index (Phi) is 3.57. The molecule has 6 heteroatoms. The molecule has 3 amide bonds. The van der Waals surface area contributed by atoms with E-state index in [9.17, 15) is 19.5 Å². The molecule has 0 spiro atoms. The zero-order valence-corrected chi connectivity index (χ0v) is 12.1. The van der Waals surface area contributed by atoms with E-state index < -0.39 is 30.0 Å². The molecule has 1 aliphatic rings. The van der Waals surface area contributed by atoms with E-state index in [0.717, 1.165) is 4.90 Å². The number of hydrogen-bond donors (Lipinski definition) is 2. The van der Waals surface area contributed by atoms with Crippen molar-refractivity contribution in [2.24, 2.45) is 0 Å². The number of rotatable bonds is 4. The molecule has 0 radical (unpaired) electrons. The fraction of sp³-hybridized carbons (Fsp3) is 0.118. The number of carbonyl (C=O) groups excluding carboxylic acids is 2. The summed E-state index contributed by atoms with van der Waals surface area (Å²) in [5.41, 5.74) is -0.413. The molecule has 1 heterocycles. The van der Waals surface area contributed by atoms with Crippen LogP contribution in [-0.4, -0.2) is 34.5 Å². The Balaban J connectivity index is 2.28. The maximum absolute atomic E-state index is 12.7. The minimum Gasteiger partial charge on any atom is -0.480 e. The molecule has 0 unspecified atom stereocenters. The molecule has 23 heavy (non-hydrogen) atoms. The molecule has 0 saturated carbocycles. The van der Waals surface area contributed by atoms with Crippen molar-refractivity contribution < 1.29 is 19.5 Å². The first-order valence-corrected chi connectivity index (χ1v) is 7.02. The molecule has 2 aromatic carbocycles. The number of nitrogens with one attached hydrogen (secondary N) is 1. The summed E-state index contributed by atoms with van der Waals surface area (Å²) in [6, 6.07) is 16.7. The van der Waals surface area contributed by atoms with Crippen LogP contribution in [0.5, 0.6) is 0 Å². The number of nitrogens with zero attached hydrogens (tertiary/aromatic N) is 1. The molecule has 1 fully saturated rings. The fourth-order valence-electron chi connectivity index (χ4n) is 2.95. The number of amides is 3. The molecule has 0 bridgehead atoms. The van der Waals surface area contributed by atoms with Gasteiger partial charge in [-0.05, 0) is 11.1 Å². The number of urea groups is 1. The highest BCUT2D eigenvalue weighted by atomic mass is 16.4. The Morgan fingerprint density at radius 2 is 1.43 bits per heavy atom. The molecule has 6 nitrogen and oxygen atoms in total. The van der Waals surface area contributed by atoms with Crippen molar-refractivity contribution in [3.05, 3.63) is 71.8 Å². The third-order valence-electron chi connectivity index (χ3n) is 3.88. The van der Waals surface area contributed by atoms with Crippen LogP contribution in [0.3, 0.4) is 0 Å². The minimum absolute atomic E-state index is 0.538. The van der Waals surface area contributed by atoms with E-state index >= 15 is 0 Å². The zero-order valence-electron chi connectivity index (χ0n) is 12.1. The largest absolute Gasteiger partial charge is 0.480 e. The highest BCUT2D eigenvalue weighted by molar-refractivity contribution is 6.10. The second-order valence-electron chi connectivity index (χ2n) is 5.18. The molecule has 0 atom stereocenters. The standard InChI is InChI=1S/C17H14N2O4/c20-14(21)11-19-16(23)18-15(22)17(19,12-7-3-1-4-8-12)13-9-5-2-6-10-13/h1-10H,11H2,(H,20,21)(H,18,22,23). The first-order chi connectivity index (χ1) is 11.1. The van der Waals surface area contributed by atoms with E-state index in [0.29, 0.717) is 11.1 Å². The topological polar surface area (TPSA) is 86.7 Å². The lowest BCUT2D eigenvalue weighted by molar-refractivity contribution is -0.139. The van der Waals surface area contributed by atoms with Crippen LogP contribution < -0.4 is 5.32 Å². The fourth-order valence-corrected chi connectivity index (χ4v) is 2.95. The predicted molar refractivity (Wildman–Crippen MR) is 81.5 cm³/mol. The predicted octanol–water partition coefficient (Wildman–Crippen LogP) is 1.57. The van der Waals surface area contributed by atoms with E-state index in [4.69, 9.17) is 0 Å². The second-order valence-corrected chi connectivity index (χ2v) is 5.18. The molecule has 2 aromatic rings. The minimum atomic E-state index is -1.49. The molecule has 2 N–H and O–H groups in total. The van der Waals surface area contributed by atoms with Crippen LogP contribution in [-0.2, 0) is 15.1 Å². The van der Waals surface area contributed by atoms with Crippen molar-refractivity contribution >= 4 is 17.9 Å². The van der Waals surface area contributed by atoms with E-state index in [1.165, 1.54) is 0 Å². The second kappa shape index (κ2) is 5.57. The van der Waals surface area contributed by atoms with Crippen LogP contribution in [0, 0.1) is 0 Å². The van der Waals surface area contributed by atoms with Gasteiger partial charge >= 0.3 is 12.0 Å². The average Bonchev–Trinajstić information content (AvgIpc) is 2.80. The number of carboxylic acids is 1. The van der Waals surface area contributed by atoms with Crippen LogP contribution in [0.4, 0.5) is 4.79 Å². The Morgan fingerprint density at radius 3 is 1.87 bits per heavy atom. The summed E-state index contributed by atoms with van der Waals surface area (Å²) in [6.07, 6.45) is 0. The Bertz CT molecular complexity index is 719. The molecular formula is C17H14N2O4.